The van der Waals surface area contributed by atoms with E-state index in [1.165, 1.54) is 12.4 Å². The number of nitrogens with zero attached hydrogens (tertiary/aromatic N) is 6. The number of H-pyrrole nitrogens is 1. The van der Waals surface area contributed by atoms with E-state index in [1.807, 2.05) is 30.0 Å². The summed E-state index contributed by atoms with van der Waals surface area (Å²) in [4.78, 5) is 10.4. The second-order valence-corrected chi connectivity index (χ2v) is 8.81. The maximum absolute atomic E-state index is 9.69. The smallest absolute Gasteiger partial charge is 0.146 e. The van der Waals surface area contributed by atoms with Crippen LogP contribution in [0, 0.1) is 28.6 Å². The van der Waals surface area contributed by atoms with E-state index in [0.29, 0.717) is 57.1 Å². The molecule has 1 fully saturated rings. The van der Waals surface area contributed by atoms with Gasteiger partial charge in [0.05, 0.1) is 33.1 Å². The summed E-state index contributed by atoms with van der Waals surface area (Å²) in [6.45, 7) is 3.02. The fourth-order valence-corrected chi connectivity index (χ4v) is 4.69. The summed E-state index contributed by atoms with van der Waals surface area (Å²) < 4.78 is 6.13. The van der Waals surface area contributed by atoms with Crippen molar-refractivity contribution in [2.45, 2.75) is 13.0 Å². The van der Waals surface area contributed by atoms with Crippen LogP contribution in [0.4, 0.5) is 5.82 Å². The van der Waals surface area contributed by atoms with Gasteiger partial charge in [0, 0.05) is 48.2 Å². The molecule has 1 aliphatic heterocycles. The molecule has 4 heterocycles. The van der Waals surface area contributed by atoms with Crippen LogP contribution < -0.4 is 9.64 Å². The Morgan fingerprint density at radius 2 is 1.91 bits per heavy atom. The molecule has 8 nitrogen and oxygen atoms in total. The van der Waals surface area contributed by atoms with Crippen LogP contribution in [0.5, 0.6) is 5.75 Å². The van der Waals surface area contributed by atoms with Crippen LogP contribution in [0.1, 0.15) is 24.2 Å². The first-order valence-electron chi connectivity index (χ1n) is 10.5. The predicted octanol–water partition coefficient (Wildman–Crippen LogP) is 5.30. The molecule has 1 unspecified atom stereocenters. The third-order valence-electron chi connectivity index (χ3n) is 5.77. The molecular weight excluding hydrogens is 473 g/mol. The SMILES string of the molecule is CC(Oc1ccc2[nH]nc(-c3cnc(N4CC(C#N)C4)c(C#N)c3)c2c1)c1c(Cl)cncc1Cl. The first-order valence-corrected chi connectivity index (χ1v) is 11.2. The lowest BCUT2D eigenvalue weighted by atomic mass is 10.0. The molecule has 34 heavy (non-hydrogen) atoms. The molecule has 1 N–H and O–H groups in total. The standard InChI is InChI=1S/C24H17Cl2N7O/c1-13(22-19(25)9-29-10-20(22)26)34-17-2-3-21-18(5-17)23(32-31-21)16-4-15(7-28)24(30-8-16)33-11-14(6-27)12-33/h2-5,8-10,13-14H,11-12H2,1H3,(H,31,32). The fraction of sp³-hybridized carbons (Fsp3) is 0.208. The number of fused-ring (bicyclic) bond motifs is 1. The highest BCUT2D eigenvalue weighted by Crippen LogP contribution is 2.35. The van der Waals surface area contributed by atoms with Crippen molar-refractivity contribution in [3.63, 3.8) is 0 Å². The molecule has 5 rings (SSSR count). The fourth-order valence-electron chi connectivity index (χ4n) is 4.01. The largest absolute Gasteiger partial charge is 0.486 e. The Labute approximate surface area is 205 Å². The summed E-state index contributed by atoms with van der Waals surface area (Å²) in [6.07, 6.45) is 4.35. The highest BCUT2D eigenvalue weighted by atomic mass is 35.5. The Morgan fingerprint density at radius 3 is 2.62 bits per heavy atom. The van der Waals surface area contributed by atoms with Crippen molar-refractivity contribution in [1.82, 2.24) is 20.2 Å². The Morgan fingerprint density at radius 1 is 1.15 bits per heavy atom. The number of pyridine rings is 2. The van der Waals surface area contributed by atoms with Crippen LogP contribution in [-0.2, 0) is 0 Å². The number of aromatic nitrogens is 4. The van der Waals surface area contributed by atoms with Gasteiger partial charge in [-0.05, 0) is 31.2 Å². The lowest BCUT2D eigenvalue weighted by molar-refractivity contribution is 0.227. The summed E-state index contributed by atoms with van der Waals surface area (Å²) >= 11 is 12.5. The van der Waals surface area contributed by atoms with Gasteiger partial charge < -0.3 is 9.64 Å². The molecule has 0 bridgehead atoms. The summed E-state index contributed by atoms with van der Waals surface area (Å²) in [7, 11) is 0. The van der Waals surface area contributed by atoms with Crippen LogP contribution in [-0.4, -0.2) is 33.3 Å². The van der Waals surface area contributed by atoms with Gasteiger partial charge in [-0.15, -0.1) is 0 Å². The number of halogens is 2. The van der Waals surface area contributed by atoms with Gasteiger partial charge in [-0.3, -0.25) is 10.1 Å². The van der Waals surface area contributed by atoms with Crippen molar-refractivity contribution in [2.24, 2.45) is 5.92 Å². The zero-order valence-electron chi connectivity index (χ0n) is 18.0. The summed E-state index contributed by atoms with van der Waals surface area (Å²) in [5, 5.41) is 27.9. The molecule has 0 saturated carbocycles. The minimum absolute atomic E-state index is 0.0268. The van der Waals surface area contributed by atoms with Crippen molar-refractivity contribution in [3.8, 4) is 29.1 Å². The van der Waals surface area contributed by atoms with Crippen molar-refractivity contribution in [2.75, 3.05) is 18.0 Å². The number of benzene rings is 1. The average molecular weight is 490 g/mol. The van der Waals surface area contributed by atoms with Gasteiger partial charge in [0.1, 0.15) is 29.4 Å². The van der Waals surface area contributed by atoms with Crippen LogP contribution in [0.15, 0.2) is 42.9 Å². The number of ether oxygens (including phenoxy) is 1. The first-order chi connectivity index (χ1) is 16.5. The van der Waals surface area contributed by atoms with E-state index in [1.54, 1.807) is 12.3 Å². The molecule has 1 aliphatic rings. The lowest BCUT2D eigenvalue weighted by Gasteiger charge is -2.36. The van der Waals surface area contributed by atoms with E-state index in [2.05, 4.69) is 32.3 Å². The van der Waals surface area contributed by atoms with Crippen molar-refractivity contribution in [3.05, 3.63) is 64.0 Å². The Hall–Kier alpha value is -3.85. The molecule has 3 aromatic heterocycles. The predicted molar refractivity (Wildman–Crippen MR) is 129 cm³/mol. The van der Waals surface area contributed by atoms with E-state index in [4.69, 9.17) is 33.2 Å². The van der Waals surface area contributed by atoms with Gasteiger partial charge in [-0.25, -0.2) is 4.98 Å². The number of rotatable bonds is 5. The lowest BCUT2D eigenvalue weighted by Crippen LogP contribution is -2.46. The molecule has 0 aliphatic carbocycles. The van der Waals surface area contributed by atoms with Gasteiger partial charge in [-0.2, -0.15) is 15.6 Å². The maximum Gasteiger partial charge on any atom is 0.146 e. The number of nitriles is 2. The van der Waals surface area contributed by atoms with Crippen molar-refractivity contribution >= 4 is 39.9 Å². The quantitative estimate of drug-likeness (QED) is 0.404. The van der Waals surface area contributed by atoms with E-state index < -0.39 is 6.10 Å². The molecular formula is C24H17Cl2N7O. The number of anilines is 1. The van der Waals surface area contributed by atoms with Crippen LogP contribution in [0.25, 0.3) is 22.2 Å². The molecule has 0 radical (unpaired) electrons. The van der Waals surface area contributed by atoms with Crippen LogP contribution in [0.2, 0.25) is 10.0 Å². The third kappa shape index (κ3) is 3.88. The number of nitrogens with one attached hydrogen (secondary N) is 1. The molecule has 0 amide bonds. The van der Waals surface area contributed by atoms with Crippen LogP contribution >= 0.6 is 23.2 Å². The average Bonchev–Trinajstić information content (AvgIpc) is 3.21. The zero-order chi connectivity index (χ0) is 23.8. The van der Waals surface area contributed by atoms with Gasteiger partial charge in [0.25, 0.3) is 0 Å². The molecule has 168 valence electrons. The minimum atomic E-state index is -0.407. The van der Waals surface area contributed by atoms with Gasteiger partial charge in [-0.1, -0.05) is 23.2 Å². The van der Waals surface area contributed by atoms with E-state index in [9.17, 15) is 5.26 Å². The molecule has 1 aromatic carbocycles. The Bertz CT molecular complexity index is 1460. The second-order valence-electron chi connectivity index (χ2n) is 7.99. The number of hydrogen-bond acceptors (Lipinski definition) is 7. The molecule has 1 atom stereocenters. The van der Waals surface area contributed by atoms with Crippen LogP contribution in [0.3, 0.4) is 0 Å². The summed E-state index contributed by atoms with van der Waals surface area (Å²) in [6, 6.07) is 11.8. The maximum atomic E-state index is 9.69. The van der Waals surface area contributed by atoms with E-state index in [0.717, 1.165) is 10.9 Å². The molecule has 0 spiro atoms. The first kappa shape index (κ1) is 22.0. The second kappa shape index (κ2) is 8.83. The van der Waals surface area contributed by atoms with E-state index in [-0.39, 0.29) is 5.92 Å². The molecule has 4 aromatic rings. The molecule has 10 heteroatoms. The van der Waals surface area contributed by atoms with Crippen molar-refractivity contribution < 1.29 is 4.74 Å². The van der Waals surface area contributed by atoms with Gasteiger partial charge in [0.2, 0.25) is 0 Å². The normalized spacial score (nSPS) is 14.3. The Balaban J connectivity index is 1.46. The Kier molecular flexibility index (Phi) is 5.70. The van der Waals surface area contributed by atoms with Crippen molar-refractivity contribution in [1.29, 1.82) is 10.5 Å². The third-order valence-corrected chi connectivity index (χ3v) is 6.37. The van der Waals surface area contributed by atoms with Gasteiger partial charge >= 0.3 is 0 Å². The highest BCUT2D eigenvalue weighted by molar-refractivity contribution is 6.35. The van der Waals surface area contributed by atoms with E-state index >= 15 is 0 Å². The highest BCUT2D eigenvalue weighted by Gasteiger charge is 2.29. The molecule has 1 saturated heterocycles. The number of hydrogen-bond donors (Lipinski definition) is 1. The summed E-state index contributed by atoms with van der Waals surface area (Å²) in [5.74, 6) is 1.17. The minimum Gasteiger partial charge on any atom is -0.486 e. The number of aromatic amines is 1. The topological polar surface area (TPSA) is 115 Å². The zero-order valence-corrected chi connectivity index (χ0v) is 19.5. The monoisotopic (exact) mass is 489 g/mol. The van der Waals surface area contributed by atoms with Gasteiger partial charge in [0.15, 0.2) is 0 Å². The summed E-state index contributed by atoms with van der Waals surface area (Å²) in [5.41, 5.74) is 3.27.